The van der Waals surface area contributed by atoms with Crippen LogP contribution in [0.1, 0.15) is 46.4 Å². The molecule has 0 aliphatic heterocycles. The van der Waals surface area contributed by atoms with Gasteiger partial charge in [0.25, 0.3) is 0 Å². The van der Waals surface area contributed by atoms with E-state index in [-0.39, 0.29) is 24.4 Å². The highest BCUT2D eigenvalue weighted by molar-refractivity contribution is 5.81. The van der Waals surface area contributed by atoms with Gasteiger partial charge in [0, 0.05) is 31.6 Å². The van der Waals surface area contributed by atoms with Crippen LogP contribution in [0, 0.1) is 0 Å². The fraction of sp³-hybridized carbons (Fsp3) is 0.667. The van der Waals surface area contributed by atoms with Crippen LogP contribution in [0.15, 0.2) is 6.07 Å². The van der Waals surface area contributed by atoms with Crippen LogP contribution in [-0.2, 0) is 4.79 Å². The van der Waals surface area contributed by atoms with E-state index in [0.717, 1.165) is 24.0 Å². The highest BCUT2D eigenvalue weighted by atomic mass is 16.2. The molecular weight excluding hydrogens is 266 g/mol. The molecule has 21 heavy (non-hydrogen) atoms. The van der Waals surface area contributed by atoms with Crippen molar-refractivity contribution in [1.82, 2.24) is 15.3 Å². The van der Waals surface area contributed by atoms with Crippen molar-refractivity contribution in [3.8, 4) is 0 Å². The average molecular weight is 293 g/mol. The van der Waals surface area contributed by atoms with Gasteiger partial charge >= 0.3 is 0 Å². The van der Waals surface area contributed by atoms with Crippen molar-refractivity contribution in [2.45, 2.75) is 46.6 Å². The second-order valence-electron chi connectivity index (χ2n) is 5.73. The molecule has 0 saturated carbocycles. The lowest BCUT2D eigenvalue weighted by atomic mass is 10.2. The molecule has 1 heterocycles. The molecule has 118 valence electrons. The third kappa shape index (κ3) is 5.57. The molecule has 0 aliphatic rings. The lowest BCUT2D eigenvalue weighted by Gasteiger charge is -2.20. The number of likely N-dealkylation sites (N-methyl/N-ethyl adjacent to an activating group) is 1. The standard InChI is InChI=1S/C15H27N5O/c1-7-16-12-8-13(19-15(18-12)10(2)3)20(6)9-14(21)17-11(4)5/h8,10-11H,7,9H2,1-6H3,(H,17,21)(H,16,18,19). The smallest absolute Gasteiger partial charge is 0.239 e. The van der Waals surface area contributed by atoms with Crippen molar-refractivity contribution < 1.29 is 4.79 Å². The summed E-state index contributed by atoms with van der Waals surface area (Å²) in [7, 11) is 1.86. The summed E-state index contributed by atoms with van der Waals surface area (Å²) in [6, 6.07) is 2.01. The summed E-state index contributed by atoms with van der Waals surface area (Å²) in [6.45, 7) is 11.1. The van der Waals surface area contributed by atoms with Crippen molar-refractivity contribution in [3.63, 3.8) is 0 Å². The van der Waals surface area contributed by atoms with E-state index in [1.54, 1.807) is 0 Å². The summed E-state index contributed by atoms with van der Waals surface area (Å²) >= 11 is 0. The number of carbonyl (C=O) groups excluding carboxylic acids is 1. The second-order valence-corrected chi connectivity index (χ2v) is 5.73. The van der Waals surface area contributed by atoms with Gasteiger partial charge in [0.1, 0.15) is 17.5 Å². The Kier molecular flexibility index (Phi) is 6.39. The summed E-state index contributed by atoms with van der Waals surface area (Å²) in [5, 5.41) is 6.09. The van der Waals surface area contributed by atoms with E-state index in [0.29, 0.717) is 0 Å². The van der Waals surface area contributed by atoms with Gasteiger partial charge in [-0.25, -0.2) is 9.97 Å². The molecule has 0 saturated heterocycles. The highest BCUT2D eigenvalue weighted by Gasteiger charge is 2.13. The van der Waals surface area contributed by atoms with Crippen LogP contribution in [-0.4, -0.2) is 42.1 Å². The summed E-state index contributed by atoms with van der Waals surface area (Å²) < 4.78 is 0. The van der Waals surface area contributed by atoms with E-state index in [1.807, 2.05) is 38.8 Å². The van der Waals surface area contributed by atoms with Crippen LogP contribution >= 0.6 is 0 Å². The lowest BCUT2D eigenvalue weighted by Crippen LogP contribution is -2.39. The maximum absolute atomic E-state index is 11.9. The number of rotatable bonds is 7. The molecule has 6 heteroatoms. The first-order valence-electron chi connectivity index (χ1n) is 7.46. The predicted octanol–water partition coefficient (Wildman–Crippen LogP) is 1.99. The molecule has 0 spiro atoms. The van der Waals surface area contributed by atoms with Gasteiger partial charge in [0.05, 0.1) is 6.54 Å². The molecule has 0 aromatic carbocycles. The van der Waals surface area contributed by atoms with Gasteiger partial charge in [-0.05, 0) is 20.8 Å². The quantitative estimate of drug-likeness (QED) is 0.804. The number of aromatic nitrogens is 2. The topological polar surface area (TPSA) is 70.2 Å². The molecule has 1 amide bonds. The summed E-state index contributed by atoms with van der Waals surface area (Å²) in [5.41, 5.74) is 0. The Hall–Kier alpha value is -1.85. The van der Waals surface area contributed by atoms with E-state index < -0.39 is 0 Å². The van der Waals surface area contributed by atoms with E-state index >= 15 is 0 Å². The van der Waals surface area contributed by atoms with Crippen molar-refractivity contribution in [2.75, 3.05) is 30.4 Å². The zero-order valence-electron chi connectivity index (χ0n) is 13.9. The van der Waals surface area contributed by atoms with Gasteiger partial charge in [-0.1, -0.05) is 13.8 Å². The predicted molar refractivity (Wildman–Crippen MR) is 86.8 cm³/mol. The molecular formula is C15H27N5O. The van der Waals surface area contributed by atoms with Gasteiger partial charge in [-0.15, -0.1) is 0 Å². The number of nitrogens with zero attached hydrogens (tertiary/aromatic N) is 3. The second kappa shape index (κ2) is 7.81. The maximum atomic E-state index is 11.9. The van der Waals surface area contributed by atoms with E-state index in [4.69, 9.17) is 0 Å². The van der Waals surface area contributed by atoms with Crippen LogP contribution < -0.4 is 15.5 Å². The molecule has 0 bridgehead atoms. The minimum atomic E-state index is -0.0118. The van der Waals surface area contributed by atoms with Crippen LogP contribution in [0.2, 0.25) is 0 Å². The summed E-state index contributed by atoms with van der Waals surface area (Å²) in [5.74, 6) is 2.55. The Morgan fingerprint density at radius 3 is 2.48 bits per heavy atom. The van der Waals surface area contributed by atoms with Crippen LogP contribution in [0.3, 0.4) is 0 Å². The molecule has 2 N–H and O–H groups in total. The third-order valence-electron chi connectivity index (χ3n) is 2.83. The Bertz CT molecular complexity index is 473. The van der Waals surface area contributed by atoms with Gasteiger partial charge in [-0.2, -0.15) is 0 Å². The van der Waals surface area contributed by atoms with E-state index in [1.165, 1.54) is 0 Å². The lowest BCUT2D eigenvalue weighted by molar-refractivity contribution is -0.120. The molecule has 0 atom stereocenters. The number of carbonyl (C=O) groups is 1. The molecule has 6 nitrogen and oxygen atoms in total. The minimum absolute atomic E-state index is 0.0118. The first-order valence-corrected chi connectivity index (χ1v) is 7.46. The Labute approximate surface area is 127 Å². The number of hydrogen-bond donors (Lipinski definition) is 2. The molecule has 0 fully saturated rings. The molecule has 0 unspecified atom stereocenters. The normalized spacial score (nSPS) is 10.9. The average Bonchev–Trinajstić information content (AvgIpc) is 2.37. The summed E-state index contributed by atoms with van der Waals surface area (Å²) in [4.78, 5) is 22.7. The number of amides is 1. The third-order valence-corrected chi connectivity index (χ3v) is 2.83. The molecule has 1 aromatic rings. The van der Waals surface area contributed by atoms with Crippen molar-refractivity contribution >= 4 is 17.5 Å². The number of anilines is 2. The molecule has 0 radical (unpaired) electrons. The molecule has 1 rings (SSSR count). The van der Waals surface area contributed by atoms with Gasteiger partial charge < -0.3 is 15.5 Å². The van der Waals surface area contributed by atoms with Crippen molar-refractivity contribution in [1.29, 1.82) is 0 Å². The molecule has 0 aliphatic carbocycles. The molecule has 1 aromatic heterocycles. The van der Waals surface area contributed by atoms with Crippen molar-refractivity contribution in [2.24, 2.45) is 0 Å². The fourth-order valence-electron chi connectivity index (χ4n) is 1.84. The largest absolute Gasteiger partial charge is 0.370 e. The van der Waals surface area contributed by atoms with Gasteiger partial charge in [0.2, 0.25) is 5.91 Å². The first kappa shape index (κ1) is 17.2. The van der Waals surface area contributed by atoms with Crippen LogP contribution in [0.4, 0.5) is 11.6 Å². The highest BCUT2D eigenvalue weighted by Crippen LogP contribution is 2.19. The monoisotopic (exact) mass is 293 g/mol. The Morgan fingerprint density at radius 1 is 1.29 bits per heavy atom. The zero-order chi connectivity index (χ0) is 16.0. The fourth-order valence-corrected chi connectivity index (χ4v) is 1.84. The van der Waals surface area contributed by atoms with Crippen molar-refractivity contribution in [3.05, 3.63) is 11.9 Å². The summed E-state index contributed by atoms with van der Waals surface area (Å²) in [6.07, 6.45) is 0. The number of hydrogen-bond acceptors (Lipinski definition) is 5. The van der Waals surface area contributed by atoms with Gasteiger partial charge in [0.15, 0.2) is 0 Å². The number of nitrogens with one attached hydrogen (secondary N) is 2. The SMILES string of the molecule is CCNc1cc(N(C)CC(=O)NC(C)C)nc(C(C)C)n1. The van der Waals surface area contributed by atoms with Crippen LogP contribution in [0.25, 0.3) is 0 Å². The first-order chi connectivity index (χ1) is 9.83. The van der Waals surface area contributed by atoms with Crippen LogP contribution in [0.5, 0.6) is 0 Å². The van der Waals surface area contributed by atoms with Gasteiger partial charge in [-0.3, -0.25) is 4.79 Å². The minimum Gasteiger partial charge on any atom is -0.370 e. The maximum Gasteiger partial charge on any atom is 0.239 e. The Morgan fingerprint density at radius 2 is 1.95 bits per heavy atom. The zero-order valence-corrected chi connectivity index (χ0v) is 13.9. The van der Waals surface area contributed by atoms with E-state index in [9.17, 15) is 4.79 Å². The Balaban J connectivity index is 2.91. The van der Waals surface area contributed by atoms with E-state index in [2.05, 4.69) is 34.4 Å².